The van der Waals surface area contributed by atoms with Crippen LogP contribution in [-0.2, 0) is 16.0 Å². The topological polar surface area (TPSA) is 63.2 Å². The van der Waals surface area contributed by atoms with Crippen LogP contribution in [0.3, 0.4) is 0 Å². The molecule has 2 aromatic rings. The van der Waals surface area contributed by atoms with Crippen LogP contribution in [0.4, 0.5) is 0 Å². The van der Waals surface area contributed by atoms with E-state index in [1.165, 1.54) is 7.11 Å². The van der Waals surface area contributed by atoms with Gasteiger partial charge in [0.05, 0.1) is 27.2 Å². The van der Waals surface area contributed by atoms with Crippen molar-refractivity contribution in [2.24, 2.45) is 5.92 Å². The van der Waals surface area contributed by atoms with Crippen LogP contribution in [-0.4, -0.2) is 43.9 Å². The van der Waals surface area contributed by atoms with Crippen molar-refractivity contribution in [3.8, 4) is 23.0 Å². The molecular formula is C32H50O6Si2. The van der Waals surface area contributed by atoms with Gasteiger partial charge in [-0.05, 0) is 78.1 Å². The smallest absolute Gasteiger partial charge is 0.312 e. The minimum absolute atomic E-state index is 0.0647. The molecule has 2 aromatic carbocycles. The van der Waals surface area contributed by atoms with E-state index < -0.39 is 22.6 Å². The lowest BCUT2D eigenvalue weighted by Crippen LogP contribution is -2.43. The molecule has 222 valence electrons. The zero-order valence-corrected chi connectivity index (χ0v) is 28.9. The van der Waals surface area contributed by atoms with E-state index in [0.29, 0.717) is 17.9 Å². The molecule has 0 saturated heterocycles. The number of hydrogen-bond donors (Lipinski definition) is 0. The summed E-state index contributed by atoms with van der Waals surface area (Å²) in [6, 6.07) is 11.7. The maximum Gasteiger partial charge on any atom is 0.312 e. The molecule has 8 heteroatoms. The predicted octanol–water partition coefficient (Wildman–Crippen LogP) is 8.52. The molecule has 40 heavy (non-hydrogen) atoms. The Kier molecular flexibility index (Phi) is 10.8. The maximum atomic E-state index is 12.7. The third kappa shape index (κ3) is 8.40. The van der Waals surface area contributed by atoms with Crippen LogP contribution in [0.2, 0.25) is 36.3 Å². The van der Waals surface area contributed by atoms with Crippen LogP contribution in [0.5, 0.6) is 23.0 Å². The third-order valence-electron chi connectivity index (χ3n) is 8.24. The van der Waals surface area contributed by atoms with Gasteiger partial charge >= 0.3 is 5.97 Å². The fourth-order valence-corrected chi connectivity index (χ4v) is 5.56. The van der Waals surface area contributed by atoms with Crippen molar-refractivity contribution in [2.75, 3.05) is 21.3 Å². The van der Waals surface area contributed by atoms with Gasteiger partial charge in [0.25, 0.3) is 16.6 Å². The number of esters is 1. The molecule has 6 nitrogen and oxygen atoms in total. The Morgan fingerprint density at radius 1 is 0.750 bits per heavy atom. The average Bonchev–Trinajstić information content (AvgIpc) is 2.85. The standard InChI is InChI=1S/C32H50O6Si2/c1-31(2,3)39(10,11)37-26-18-15-23(21-28(26)34-7)14-17-25(30(33)36-9)20-24-16-19-27(29(22-24)35-8)38-40(12,13)32(4,5)6/h14-19,21-22,25H,20H2,1-13H3/b17-14+/t25-/m1/s1. The first-order chi connectivity index (χ1) is 18.3. The molecule has 0 heterocycles. The largest absolute Gasteiger partial charge is 0.541 e. The first-order valence-electron chi connectivity index (χ1n) is 13.8. The number of carbonyl (C=O) groups is 1. The highest BCUT2D eigenvalue weighted by Crippen LogP contribution is 2.41. The summed E-state index contributed by atoms with van der Waals surface area (Å²) in [5, 5.41) is 0.136. The van der Waals surface area contributed by atoms with Gasteiger partial charge in [0.15, 0.2) is 11.5 Å². The maximum absolute atomic E-state index is 12.7. The van der Waals surface area contributed by atoms with Crippen LogP contribution in [0.25, 0.3) is 6.08 Å². The Hall–Kier alpha value is -2.72. The Balaban J connectivity index is 2.30. The molecule has 0 saturated carbocycles. The van der Waals surface area contributed by atoms with Gasteiger partial charge < -0.3 is 23.1 Å². The summed E-state index contributed by atoms with van der Waals surface area (Å²) in [5.74, 6) is 2.02. The molecule has 1 atom stereocenters. The number of benzene rings is 2. The van der Waals surface area contributed by atoms with E-state index in [9.17, 15) is 4.79 Å². The lowest BCUT2D eigenvalue weighted by Gasteiger charge is -2.36. The van der Waals surface area contributed by atoms with Crippen LogP contribution in [0.15, 0.2) is 42.5 Å². The van der Waals surface area contributed by atoms with Crippen LogP contribution in [0, 0.1) is 5.92 Å². The SMILES string of the molecule is COC(=O)[C@H](/C=C/c1ccc(O[Si](C)(C)C(C)(C)C)c(OC)c1)Cc1ccc(O[Si](C)(C)C(C)(C)C)c(OC)c1. The van der Waals surface area contributed by atoms with E-state index in [1.807, 2.05) is 48.6 Å². The summed E-state index contributed by atoms with van der Waals surface area (Å²) >= 11 is 0. The van der Waals surface area contributed by atoms with E-state index in [2.05, 4.69) is 67.7 Å². The predicted molar refractivity (Wildman–Crippen MR) is 170 cm³/mol. The zero-order chi connectivity index (χ0) is 30.5. The van der Waals surface area contributed by atoms with Crippen molar-refractivity contribution in [1.29, 1.82) is 0 Å². The summed E-state index contributed by atoms with van der Waals surface area (Å²) in [5.41, 5.74) is 1.86. The number of methoxy groups -OCH3 is 3. The Morgan fingerprint density at radius 2 is 1.23 bits per heavy atom. The van der Waals surface area contributed by atoms with Crippen molar-refractivity contribution in [1.82, 2.24) is 0 Å². The summed E-state index contributed by atoms with van der Waals surface area (Å²) < 4.78 is 29.4. The molecule has 0 bridgehead atoms. The molecule has 0 amide bonds. The minimum Gasteiger partial charge on any atom is -0.541 e. The van der Waals surface area contributed by atoms with Gasteiger partial charge in [-0.3, -0.25) is 4.79 Å². The number of carbonyl (C=O) groups excluding carboxylic acids is 1. The minimum atomic E-state index is -2.03. The summed E-state index contributed by atoms with van der Waals surface area (Å²) in [6.07, 6.45) is 4.26. The molecule has 0 unspecified atom stereocenters. The Bertz CT molecular complexity index is 1190. The second kappa shape index (κ2) is 12.9. The van der Waals surface area contributed by atoms with E-state index in [0.717, 1.165) is 22.6 Å². The van der Waals surface area contributed by atoms with Gasteiger partial charge in [0, 0.05) is 0 Å². The molecular weight excluding hydrogens is 537 g/mol. The molecule has 2 rings (SSSR count). The van der Waals surface area contributed by atoms with Gasteiger partial charge in [-0.2, -0.15) is 0 Å². The van der Waals surface area contributed by atoms with E-state index in [4.69, 9.17) is 23.1 Å². The summed E-state index contributed by atoms with van der Waals surface area (Å²) in [7, 11) is 0.641. The first-order valence-corrected chi connectivity index (χ1v) is 19.7. The molecule has 0 fully saturated rings. The molecule has 0 aliphatic carbocycles. The average molecular weight is 587 g/mol. The zero-order valence-electron chi connectivity index (χ0n) is 26.9. The van der Waals surface area contributed by atoms with Crippen molar-refractivity contribution in [3.63, 3.8) is 0 Å². The molecule has 0 aliphatic rings. The van der Waals surface area contributed by atoms with Crippen LogP contribution in [0.1, 0.15) is 52.7 Å². The van der Waals surface area contributed by atoms with Gasteiger partial charge in [0.2, 0.25) is 0 Å². The second-order valence-electron chi connectivity index (χ2n) is 13.3. The Morgan fingerprint density at radius 3 is 1.68 bits per heavy atom. The van der Waals surface area contributed by atoms with Crippen molar-refractivity contribution in [3.05, 3.63) is 53.6 Å². The molecule has 0 radical (unpaired) electrons. The lowest BCUT2D eigenvalue weighted by atomic mass is 9.97. The number of hydrogen-bond acceptors (Lipinski definition) is 6. The van der Waals surface area contributed by atoms with Crippen LogP contribution >= 0.6 is 0 Å². The third-order valence-corrected chi connectivity index (χ3v) is 16.9. The second-order valence-corrected chi connectivity index (χ2v) is 22.8. The fraction of sp³-hybridized carbons (Fsp3) is 0.531. The lowest BCUT2D eigenvalue weighted by molar-refractivity contribution is -0.143. The molecule has 0 spiro atoms. The highest BCUT2D eigenvalue weighted by Gasteiger charge is 2.40. The van der Waals surface area contributed by atoms with Gasteiger partial charge in [-0.15, -0.1) is 0 Å². The van der Waals surface area contributed by atoms with Gasteiger partial charge in [0.1, 0.15) is 11.5 Å². The number of ether oxygens (including phenoxy) is 3. The Labute approximate surface area is 244 Å². The molecule has 0 N–H and O–H groups in total. The first kappa shape index (κ1) is 33.5. The molecule has 0 aliphatic heterocycles. The quantitative estimate of drug-likeness (QED) is 0.194. The monoisotopic (exact) mass is 586 g/mol. The molecule has 0 aromatic heterocycles. The highest BCUT2D eigenvalue weighted by atomic mass is 28.4. The van der Waals surface area contributed by atoms with Crippen molar-refractivity contribution < 1.29 is 27.9 Å². The van der Waals surface area contributed by atoms with E-state index >= 15 is 0 Å². The van der Waals surface area contributed by atoms with Crippen molar-refractivity contribution in [2.45, 2.75) is 84.2 Å². The fourth-order valence-electron chi connectivity index (χ4n) is 3.51. The normalized spacial score (nSPS) is 13.6. The van der Waals surface area contributed by atoms with Gasteiger partial charge in [-0.25, -0.2) is 0 Å². The summed E-state index contributed by atoms with van der Waals surface area (Å²) in [6.45, 7) is 22.1. The summed E-state index contributed by atoms with van der Waals surface area (Å²) in [4.78, 5) is 12.7. The number of rotatable bonds is 11. The van der Waals surface area contributed by atoms with Gasteiger partial charge in [-0.1, -0.05) is 65.8 Å². The van der Waals surface area contributed by atoms with Crippen LogP contribution < -0.4 is 18.3 Å². The van der Waals surface area contributed by atoms with E-state index in [-0.39, 0.29) is 16.0 Å². The highest BCUT2D eigenvalue weighted by molar-refractivity contribution is 6.75. The van der Waals surface area contributed by atoms with Crippen molar-refractivity contribution >= 4 is 28.7 Å². The van der Waals surface area contributed by atoms with E-state index in [1.54, 1.807) is 14.2 Å².